The van der Waals surface area contributed by atoms with Crippen LogP contribution in [0.25, 0.3) is 0 Å². The number of nitrogens with one attached hydrogen (secondary N) is 3. The van der Waals surface area contributed by atoms with Gasteiger partial charge in [0.25, 0.3) is 0 Å². The molecule has 0 aliphatic carbocycles. The number of nitrogens with two attached hydrogens (primary N) is 2. The highest BCUT2D eigenvalue weighted by molar-refractivity contribution is 5.93. The summed E-state index contributed by atoms with van der Waals surface area (Å²) in [7, 11) is 0. The van der Waals surface area contributed by atoms with E-state index in [9.17, 15) is 28.8 Å². The fraction of sp³-hybridized carbons (Fsp3) is 0.600. The van der Waals surface area contributed by atoms with E-state index in [-0.39, 0.29) is 25.7 Å². The molecular weight excluding hydrogens is 378 g/mol. The summed E-state index contributed by atoms with van der Waals surface area (Å²) in [5.74, 6) is -5.54. The second-order valence-electron chi connectivity index (χ2n) is 5.95. The highest BCUT2D eigenvalue weighted by Gasteiger charge is 2.26. The first kappa shape index (κ1) is 24.8. The van der Waals surface area contributed by atoms with Gasteiger partial charge in [-0.3, -0.25) is 28.8 Å². The van der Waals surface area contributed by atoms with Gasteiger partial charge >= 0.3 is 11.9 Å². The van der Waals surface area contributed by atoms with Gasteiger partial charge in [0.05, 0.1) is 6.04 Å². The van der Waals surface area contributed by atoms with Gasteiger partial charge < -0.3 is 37.6 Å². The van der Waals surface area contributed by atoms with E-state index in [2.05, 4.69) is 16.0 Å². The molecule has 0 spiro atoms. The topological polar surface area (TPSA) is 231 Å². The van der Waals surface area contributed by atoms with Crippen LogP contribution in [0.4, 0.5) is 0 Å². The molecule has 0 radical (unpaired) electrons. The quantitative estimate of drug-likeness (QED) is 0.162. The number of aliphatic carboxylic acids is 2. The number of carbonyl (C=O) groups excluding carboxylic acids is 4. The Labute approximate surface area is 160 Å². The van der Waals surface area contributed by atoms with Crippen molar-refractivity contribution >= 4 is 35.6 Å². The average Bonchev–Trinajstić information content (AvgIpc) is 2.60. The molecule has 3 atom stereocenters. The van der Waals surface area contributed by atoms with E-state index in [1.807, 2.05) is 0 Å². The van der Waals surface area contributed by atoms with Crippen molar-refractivity contribution in [1.29, 1.82) is 0 Å². The lowest BCUT2D eigenvalue weighted by molar-refractivity contribution is -0.139. The maximum absolute atomic E-state index is 12.2. The summed E-state index contributed by atoms with van der Waals surface area (Å²) in [6, 6.07) is -3.53. The van der Waals surface area contributed by atoms with Gasteiger partial charge in [-0.25, -0.2) is 0 Å². The van der Waals surface area contributed by atoms with E-state index in [1.165, 1.54) is 6.92 Å². The van der Waals surface area contributed by atoms with Gasteiger partial charge in [0.2, 0.25) is 23.6 Å². The molecule has 0 aromatic heterocycles. The molecule has 158 valence electrons. The molecule has 0 aromatic rings. The average molecular weight is 403 g/mol. The van der Waals surface area contributed by atoms with E-state index in [1.54, 1.807) is 0 Å². The number of carbonyl (C=O) groups is 6. The first-order chi connectivity index (χ1) is 12.9. The lowest BCUT2D eigenvalue weighted by Crippen LogP contribution is -2.55. The van der Waals surface area contributed by atoms with Gasteiger partial charge in [-0.1, -0.05) is 0 Å². The molecule has 0 saturated heterocycles. The first-order valence-corrected chi connectivity index (χ1v) is 8.30. The molecule has 0 rings (SSSR count). The zero-order chi connectivity index (χ0) is 21.9. The number of primary amides is 1. The Hall–Kier alpha value is -3.22. The van der Waals surface area contributed by atoms with Crippen LogP contribution in [-0.4, -0.2) is 70.5 Å². The van der Waals surface area contributed by atoms with Crippen LogP contribution in [0.2, 0.25) is 0 Å². The van der Waals surface area contributed by atoms with Gasteiger partial charge in [-0.2, -0.15) is 0 Å². The summed E-state index contributed by atoms with van der Waals surface area (Å²) in [5.41, 5.74) is 10.5. The molecule has 13 nitrogen and oxygen atoms in total. The minimum atomic E-state index is -1.30. The monoisotopic (exact) mass is 403 g/mol. The molecule has 0 bridgehead atoms. The standard InChI is InChI=1S/C15H25N5O8/c1-7(19-14(27)8(16)2-5-11(22)23)13(26)20-9(3-4-10(17)21)15(28)18-6-12(24)25/h7-9H,2-6,16H2,1H3,(H2,17,21)(H,18,28)(H,19,27)(H,20,26)(H,22,23)(H,24,25). The minimum absolute atomic E-state index is 0.131. The zero-order valence-corrected chi connectivity index (χ0v) is 15.3. The van der Waals surface area contributed by atoms with Gasteiger partial charge in [-0.15, -0.1) is 0 Å². The molecule has 9 N–H and O–H groups in total. The minimum Gasteiger partial charge on any atom is -0.481 e. The molecular formula is C15H25N5O8. The third-order valence-corrected chi connectivity index (χ3v) is 3.48. The van der Waals surface area contributed by atoms with Crippen LogP contribution in [-0.2, 0) is 28.8 Å². The van der Waals surface area contributed by atoms with Crippen molar-refractivity contribution in [1.82, 2.24) is 16.0 Å². The van der Waals surface area contributed by atoms with Crippen molar-refractivity contribution in [2.75, 3.05) is 6.54 Å². The normalized spacial score (nSPS) is 13.5. The van der Waals surface area contributed by atoms with E-state index < -0.39 is 60.2 Å². The second kappa shape index (κ2) is 12.2. The Kier molecular flexibility index (Phi) is 10.8. The SMILES string of the molecule is CC(NC(=O)C(N)CCC(=O)O)C(=O)NC(CCC(N)=O)C(=O)NCC(=O)O. The molecule has 0 fully saturated rings. The number of hydrogen-bond acceptors (Lipinski definition) is 7. The third-order valence-electron chi connectivity index (χ3n) is 3.48. The second-order valence-corrected chi connectivity index (χ2v) is 5.95. The molecule has 0 aliphatic heterocycles. The molecule has 0 aromatic carbocycles. The Morgan fingerprint density at radius 1 is 0.857 bits per heavy atom. The largest absolute Gasteiger partial charge is 0.481 e. The van der Waals surface area contributed by atoms with Crippen molar-refractivity contribution in [3.63, 3.8) is 0 Å². The summed E-state index contributed by atoms with van der Waals surface area (Å²) in [4.78, 5) is 68.0. The third kappa shape index (κ3) is 10.7. The predicted octanol–water partition coefficient (Wildman–Crippen LogP) is -3.37. The first-order valence-electron chi connectivity index (χ1n) is 8.30. The van der Waals surface area contributed by atoms with Crippen LogP contribution in [0, 0.1) is 0 Å². The predicted molar refractivity (Wildman–Crippen MR) is 93.5 cm³/mol. The number of rotatable bonds is 13. The van der Waals surface area contributed by atoms with Crippen LogP contribution in [0.15, 0.2) is 0 Å². The van der Waals surface area contributed by atoms with Crippen LogP contribution >= 0.6 is 0 Å². The van der Waals surface area contributed by atoms with Crippen molar-refractivity contribution in [3.05, 3.63) is 0 Å². The van der Waals surface area contributed by atoms with Crippen LogP contribution in [0.5, 0.6) is 0 Å². The fourth-order valence-electron chi connectivity index (χ4n) is 1.93. The number of carboxylic acid groups (broad SMARTS) is 2. The van der Waals surface area contributed by atoms with Gasteiger partial charge in [-0.05, 0) is 19.8 Å². The van der Waals surface area contributed by atoms with E-state index >= 15 is 0 Å². The maximum Gasteiger partial charge on any atom is 0.322 e. The summed E-state index contributed by atoms with van der Waals surface area (Å²) in [6.07, 6.45) is -0.875. The maximum atomic E-state index is 12.2. The van der Waals surface area contributed by atoms with Crippen molar-refractivity contribution in [2.45, 2.75) is 50.7 Å². The highest BCUT2D eigenvalue weighted by atomic mass is 16.4. The Morgan fingerprint density at radius 2 is 1.46 bits per heavy atom. The van der Waals surface area contributed by atoms with Crippen molar-refractivity contribution in [3.8, 4) is 0 Å². The Bertz CT molecular complexity index is 624. The zero-order valence-electron chi connectivity index (χ0n) is 15.3. The lowest BCUT2D eigenvalue weighted by Gasteiger charge is -2.21. The van der Waals surface area contributed by atoms with Gasteiger partial charge in [0, 0.05) is 12.8 Å². The Balaban J connectivity index is 4.81. The lowest BCUT2D eigenvalue weighted by atomic mass is 10.1. The molecule has 0 heterocycles. The highest BCUT2D eigenvalue weighted by Crippen LogP contribution is 2.00. The summed E-state index contributed by atoms with van der Waals surface area (Å²) in [6.45, 7) is 0.615. The molecule has 0 saturated carbocycles. The van der Waals surface area contributed by atoms with Crippen LogP contribution < -0.4 is 27.4 Å². The molecule has 4 amide bonds. The molecule has 28 heavy (non-hydrogen) atoms. The number of amides is 4. The van der Waals surface area contributed by atoms with Crippen LogP contribution in [0.3, 0.4) is 0 Å². The summed E-state index contributed by atoms with van der Waals surface area (Å²) >= 11 is 0. The molecule has 3 unspecified atom stereocenters. The van der Waals surface area contributed by atoms with Gasteiger partial charge in [0.1, 0.15) is 18.6 Å². The van der Waals surface area contributed by atoms with E-state index in [4.69, 9.17) is 21.7 Å². The molecule has 0 aliphatic rings. The molecule has 13 heteroatoms. The van der Waals surface area contributed by atoms with E-state index in [0.717, 1.165) is 0 Å². The van der Waals surface area contributed by atoms with Crippen molar-refractivity contribution in [2.24, 2.45) is 11.5 Å². The fourth-order valence-corrected chi connectivity index (χ4v) is 1.93. The summed E-state index contributed by atoms with van der Waals surface area (Å²) in [5, 5.41) is 23.8. The van der Waals surface area contributed by atoms with Crippen molar-refractivity contribution < 1.29 is 39.0 Å². The Morgan fingerprint density at radius 3 is 1.96 bits per heavy atom. The van der Waals surface area contributed by atoms with E-state index in [0.29, 0.717) is 0 Å². The number of hydrogen-bond donors (Lipinski definition) is 7. The van der Waals surface area contributed by atoms with Gasteiger partial charge in [0.15, 0.2) is 0 Å². The van der Waals surface area contributed by atoms with Crippen LogP contribution in [0.1, 0.15) is 32.6 Å². The smallest absolute Gasteiger partial charge is 0.322 e. The summed E-state index contributed by atoms with van der Waals surface area (Å²) < 4.78 is 0. The number of carboxylic acids is 2.